The average molecular weight is 763 g/mol. The molecule has 5 rings (SSSR count). The lowest BCUT2D eigenvalue weighted by atomic mass is 9.90. The van der Waals surface area contributed by atoms with Crippen LogP contribution in [-0.2, 0) is 42.7 Å². The smallest absolute Gasteiger partial charge is 0.438 e. The van der Waals surface area contributed by atoms with Crippen LogP contribution in [0.5, 0.6) is 0 Å². The van der Waals surface area contributed by atoms with Gasteiger partial charge in [0, 0.05) is 24.0 Å². The van der Waals surface area contributed by atoms with E-state index in [-0.39, 0.29) is 41.7 Å². The van der Waals surface area contributed by atoms with E-state index in [4.69, 9.17) is 35.1 Å². The molecule has 1 aliphatic carbocycles. The van der Waals surface area contributed by atoms with Gasteiger partial charge in [0.05, 0.1) is 11.4 Å². The highest BCUT2D eigenvalue weighted by atomic mass is 35.5. The molecule has 2 saturated heterocycles. The van der Waals surface area contributed by atoms with E-state index in [0.717, 1.165) is 25.7 Å². The molecule has 2 aromatic rings. The maximum Gasteiger partial charge on any atom is 0.509 e. The molecule has 0 bridgehead atoms. The van der Waals surface area contributed by atoms with Crippen molar-refractivity contribution in [2.75, 3.05) is 23.4 Å². The SMILES string of the molecule is CCCCCCCCCCC(=O)OCOP(=O)(O)CS(=O)(=O)C[C@H]1O[C@@H](n2ccc3c(N[C@H]4C[C@@H](F)C4)c(C#N)c(Cl)nc32)[C@@H]2OC(=O)O[C@@H]21. The number of aromatic nitrogens is 2. The van der Waals surface area contributed by atoms with Crippen LogP contribution in [0.25, 0.3) is 11.0 Å². The first-order valence-corrected chi connectivity index (χ1v) is 20.6. The highest BCUT2D eigenvalue weighted by Gasteiger charge is 2.56. The predicted octanol–water partition coefficient (Wildman–Crippen LogP) is 5.88. The molecule has 0 spiro atoms. The molecule has 0 radical (unpaired) electrons. The molecule has 0 amide bonds. The predicted molar refractivity (Wildman–Crippen MR) is 178 cm³/mol. The summed E-state index contributed by atoms with van der Waals surface area (Å²) in [7, 11) is -9.20. The molecule has 5 atom stereocenters. The fourth-order valence-corrected chi connectivity index (χ4v) is 10.2. The Morgan fingerprint density at radius 3 is 2.56 bits per heavy atom. The third-order valence-electron chi connectivity index (χ3n) is 8.87. The number of carbonyl (C=O) groups excluding carboxylic acids is 2. The summed E-state index contributed by atoms with van der Waals surface area (Å²) in [5.41, 5.74) is -0.724. The number of rotatable bonds is 19. The second kappa shape index (κ2) is 16.6. The van der Waals surface area contributed by atoms with E-state index in [1.807, 2.05) is 6.07 Å². The summed E-state index contributed by atoms with van der Waals surface area (Å²) in [6.07, 6.45) is 3.52. The van der Waals surface area contributed by atoms with E-state index in [2.05, 4.69) is 17.2 Å². The van der Waals surface area contributed by atoms with Crippen molar-refractivity contribution >= 4 is 57.9 Å². The van der Waals surface area contributed by atoms with Crippen LogP contribution in [0.4, 0.5) is 14.9 Å². The first-order valence-electron chi connectivity index (χ1n) is 16.7. The number of ether oxygens (including phenoxy) is 4. The zero-order valence-electron chi connectivity index (χ0n) is 27.5. The van der Waals surface area contributed by atoms with Gasteiger partial charge < -0.3 is 33.7 Å². The van der Waals surface area contributed by atoms with Crippen molar-refractivity contribution in [2.45, 2.75) is 114 Å². The minimum atomic E-state index is -4.79. The molecule has 0 aromatic carbocycles. The highest BCUT2D eigenvalue weighted by Crippen LogP contribution is 2.46. The summed E-state index contributed by atoms with van der Waals surface area (Å²) in [4.78, 5) is 38.7. The van der Waals surface area contributed by atoms with E-state index in [1.165, 1.54) is 30.0 Å². The fourth-order valence-electron chi connectivity index (χ4n) is 6.29. The number of pyridine rings is 1. The molecule has 2 aliphatic heterocycles. The van der Waals surface area contributed by atoms with Crippen molar-refractivity contribution in [2.24, 2.45) is 0 Å². The summed E-state index contributed by atoms with van der Waals surface area (Å²) in [6, 6.07) is 3.38. The van der Waals surface area contributed by atoms with E-state index >= 15 is 0 Å². The first-order chi connectivity index (χ1) is 23.8. The van der Waals surface area contributed by atoms with Gasteiger partial charge in [-0.1, -0.05) is 63.5 Å². The normalized spacial score (nSPS) is 25.6. The molecular weight excluding hydrogens is 722 g/mol. The Morgan fingerprint density at radius 1 is 1.20 bits per heavy atom. The van der Waals surface area contributed by atoms with Crippen LogP contribution in [0, 0.1) is 11.3 Å². The van der Waals surface area contributed by atoms with Gasteiger partial charge in [-0.25, -0.2) is 22.6 Å². The van der Waals surface area contributed by atoms with Gasteiger partial charge in [0.25, 0.3) is 0 Å². The van der Waals surface area contributed by atoms with E-state index in [0.29, 0.717) is 17.5 Å². The summed E-state index contributed by atoms with van der Waals surface area (Å²) in [6.45, 7) is 1.25. The summed E-state index contributed by atoms with van der Waals surface area (Å²) in [5.74, 6) is -1.48. The summed E-state index contributed by atoms with van der Waals surface area (Å²) < 4.78 is 80.0. The van der Waals surface area contributed by atoms with Crippen molar-refractivity contribution in [1.29, 1.82) is 5.26 Å². The van der Waals surface area contributed by atoms with E-state index < -0.39 is 78.3 Å². The van der Waals surface area contributed by atoms with Crippen molar-refractivity contribution in [3.8, 4) is 6.07 Å². The molecule has 4 heterocycles. The van der Waals surface area contributed by atoms with Gasteiger partial charge in [-0.15, -0.1) is 0 Å². The molecule has 15 nitrogen and oxygen atoms in total. The Labute approximate surface area is 294 Å². The monoisotopic (exact) mass is 762 g/mol. The molecule has 3 aliphatic rings. The number of halogens is 2. The number of sulfone groups is 1. The van der Waals surface area contributed by atoms with Gasteiger partial charge in [-0.2, -0.15) is 5.26 Å². The van der Waals surface area contributed by atoms with E-state index in [9.17, 15) is 37.1 Å². The minimum absolute atomic E-state index is 0.0537. The topological polar surface area (TPSA) is 205 Å². The van der Waals surface area contributed by atoms with Crippen LogP contribution < -0.4 is 5.32 Å². The molecular formula is C31H41ClFN4O11PS. The van der Waals surface area contributed by atoms with Gasteiger partial charge in [0.15, 0.2) is 38.9 Å². The van der Waals surface area contributed by atoms with Crippen LogP contribution in [0.1, 0.15) is 89.3 Å². The Kier molecular flexibility index (Phi) is 12.7. The lowest BCUT2D eigenvalue weighted by Crippen LogP contribution is -2.36. The zero-order valence-corrected chi connectivity index (χ0v) is 30.0. The number of fused-ring (bicyclic) bond motifs is 2. The van der Waals surface area contributed by atoms with Crippen LogP contribution in [-0.4, -0.2) is 83.6 Å². The minimum Gasteiger partial charge on any atom is -0.438 e. The van der Waals surface area contributed by atoms with Crippen LogP contribution >= 0.6 is 19.2 Å². The number of alkyl halides is 1. The Hall–Kier alpha value is -3.00. The molecule has 1 unspecified atom stereocenters. The maximum atomic E-state index is 13.5. The van der Waals surface area contributed by atoms with Gasteiger partial charge in [-0.3, -0.25) is 13.9 Å². The lowest BCUT2D eigenvalue weighted by molar-refractivity contribution is -0.150. The largest absolute Gasteiger partial charge is 0.509 e. The summed E-state index contributed by atoms with van der Waals surface area (Å²) >= 11 is 6.35. The molecule has 1 saturated carbocycles. The van der Waals surface area contributed by atoms with Gasteiger partial charge in [-0.05, 0) is 25.3 Å². The number of nitrogens with zero attached hydrogens (tertiary/aromatic N) is 3. The molecule has 50 heavy (non-hydrogen) atoms. The second-order valence-electron chi connectivity index (χ2n) is 12.8. The standard InChI is InChI=1S/C31H41ClFN4O11PS/c1-2-3-4-5-6-7-8-9-10-24(38)44-17-45-49(40,41)18-50(42,43)16-23-26-27(48-31(39)47-26)30(46-23)37-12-11-21-25(35-20-13-19(33)14-20)22(15-34)28(32)36-29(21)37/h11-12,19-20,23,26-27,30H,2-10,13-14,16-18H2,1H3,(H,35,36)(H,40,41)/t19-,20+,23-,26-,27-,30-/m1/s1. The van der Waals surface area contributed by atoms with Crippen LogP contribution in [0.3, 0.4) is 0 Å². The van der Waals surface area contributed by atoms with Crippen LogP contribution in [0.15, 0.2) is 12.3 Å². The number of nitriles is 1. The van der Waals surface area contributed by atoms with Crippen molar-refractivity contribution in [1.82, 2.24) is 9.55 Å². The third-order valence-corrected chi connectivity index (χ3v) is 13.4. The number of esters is 1. The number of carbonyl (C=O) groups is 2. The number of nitrogens with one attached hydrogen (secondary N) is 1. The molecule has 2 N–H and O–H groups in total. The number of hydrogen-bond acceptors (Lipinski definition) is 13. The molecule has 3 fully saturated rings. The number of unbranched alkanes of at least 4 members (excludes halogenated alkanes) is 7. The van der Waals surface area contributed by atoms with Crippen molar-refractivity contribution in [3.05, 3.63) is 23.0 Å². The Balaban J connectivity index is 1.18. The first kappa shape index (κ1) is 38.2. The van der Waals surface area contributed by atoms with Gasteiger partial charge in [0.2, 0.25) is 6.79 Å². The zero-order chi connectivity index (χ0) is 36.1. The van der Waals surface area contributed by atoms with Crippen molar-refractivity contribution < 1.29 is 55.3 Å². The number of anilines is 1. The highest BCUT2D eigenvalue weighted by molar-refractivity contribution is 7.97. The fraction of sp³-hybridized carbons (Fsp3) is 0.677. The van der Waals surface area contributed by atoms with Gasteiger partial charge in [0.1, 0.15) is 29.6 Å². The number of hydrogen-bond donors (Lipinski definition) is 2. The van der Waals surface area contributed by atoms with Crippen LogP contribution in [0.2, 0.25) is 5.15 Å². The maximum absolute atomic E-state index is 13.5. The molecule has 276 valence electrons. The Bertz CT molecular complexity index is 1750. The molecule has 2 aromatic heterocycles. The van der Waals surface area contributed by atoms with Gasteiger partial charge >= 0.3 is 19.7 Å². The quantitative estimate of drug-likeness (QED) is 0.0564. The summed E-state index contributed by atoms with van der Waals surface area (Å²) in [5, 5.41) is 13.2. The Morgan fingerprint density at radius 2 is 1.88 bits per heavy atom. The lowest BCUT2D eigenvalue weighted by Gasteiger charge is -2.31. The second-order valence-corrected chi connectivity index (χ2v) is 17.5. The average Bonchev–Trinajstić information content (AvgIpc) is 3.70. The van der Waals surface area contributed by atoms with E-state index in [1.54, 1.807) is 6.07 Å². The van der Waals surface area contributed by atoms with Crippen molar-refractivity contribution in [3.63, 3.8) is 0 Å². The molecule has 19 heteroatoms. The third kappa shape index (κ3) is 9.45.